The van der Waals surface area contributed by atoms with Crippen LogP contribution in [0.1, 0.15) is 40.3 Å². The van der Waals surface area contributed by atoms with Crippen LogP contribution in [0.5, 0.6) is 0 Å². The van der Waals surface area contributed by atoms with Gasteiger partial charge in [0, 0.05) is 17.6 Å². The monoisotopic (exact) mass is 272 g/mol. The van der Waals surface area contributed by atoms with E-state index in [4.69, 9.17) is 0 Å². The Morgan fingerprint density at radius 3 is 3.11 bits per heavy atom. The lowest BCUT2D eigenvalue weighted by atomic mass is 9.97. The van der Waals surface area contributed by atoms with Gasteiger partial charge in [-0.15, -0.1) is 11.3 Å². The van der Waals surface area contributed by atoms with Crippen molar-refractivity contribution in [2.24, 2.45) is 0 Å². The fourth-order valence-corrected chi connectivity index (χ4v) is 3.64. The summed E-state index contributed by atoms with van der Waals surface area (Å²) < 4.78 is 0. The normalized spacial score (nSPS) is 18.2. The third kappa shape index (κ3) is 2.16. The molecule has 0 radical (unpaired) electrons. The third-order valence-electron chi connectivity index (χ3n) is 3.63. The van der Waals surface area contributed by atoms with Crippen molar-refractivity contribution in [3.05, 3.63) is 52.0 Å². The fraction of sp³-hybridized carbons (Fsp3) is 0.333. The van der Waals surface area contributed by atoms with E-state index >= 15 is 0 Å². The zero-order valence-corrected chi connectivity index (χ0v) is 11.7. The average Bonchev–Trinajstić information content (AvgIpc) is 2.94. The van der Waals surface area contributed by atoms with Crippen LogP contribution in [0.15, 0.2) is 35.8 Å². The molecule has 0 bridgehead atoms. The van der Waals surface area contributed by atoms with Crippen LogP contribution in [0.2, 0.25) is 0 Å². The van der Waals surface area contributed by atoms with Crippen LogP contribution in [-0.4, -0.2) is 22.3 Å². The summed E-state index contributed by atoms with van der Waals surface area (Å²) in [6.07, 6.45) is 3.58. The number of fused-ring (bicyclic) bond motifs is 1. The molecule has 19 heavy (non-hydrogen) atoms. The Morgan fingerprint density at radius 1 is 1.47 bits per heavy atom. The van der Waals surface area contributed by atoms with Crippen molar-refractivity contribution in [1.82, 2.24) is 9.88 Å². The second kappa shape index (κ2) is 5.13. The van der Waals surface area contributed by atoms with Crippen LogP contribution in [0.4, 0.5) is 0 Å². The van der Waals surface area contributed by atoms with E-state index in [2.05, 4.69) is 23.4 Å². The fourth-order valence-electron chi connectivity index (χ4n) is 2.72. The van der Waals surface area contributed by atoms with Crippen LogP contribution in [0.25, 0.3) is 0 Å². The maximum Gasteiger partial charge on any atom is 0.272 e. The van der Waals surface area contributed by atoms with E-state index in [-0.39, 0.29) is 11.9 Å². The Kier molecular flexibility index (Phi) is 3.34. The predicted molar refractivity (Wildman–Crippen MR) is 76.3 cm³/mol. The number of pyridine rings is 1. The van der Waals surface area contributed by atoms with E-state index in [0.717, 1.165) is 19.4 Å². The van der Waals surface area contributed by atoms with Gasteiger partial charge in [0.2, 0.25) is 0 Å². The highest BCUT2D eigenvalue weighted by atomic mass is 32.1. The van der Waals surface area contributed by atoms with Crippen LogP contribution in [-0.2, 0) is 6.42 Å². The van der Waals surface area contributed by atoms with Gasteiger partial charge >= 0.3 is 0 Å². The number of carbonyl (C=O) groups is 1. The Morgan fingerprint density at radius 2 is 2.37 bits per heavy atom. The summed E-state index contributed by atoms with van der Waals surface area (Å²) >= 11 is 1.80. The number of hydrogen-bond donors (Lipinski definition) is 0. The van der Waals surface area contributed by atoms with Gasteiger partial charge in [0.1, 0.15) is 5.69 Å². The number of thiophene rings is 1. The molecule has 3 heterocycles. The highest BCUT2D eigenvalue weighted by Crippen LogP contribution is 2.35. The standard InChI is InChI=1S/C15H16N2OS/c1-2-13-11-7-10-19-14(11)6-9-17(13)15(18)12-5-3-4-8-16-12/h3-5,7-8,10,13H,2,6,9H2,1H3/t13-/m0/s1. The molecule has 0 saturated carbocycles. The molecule has 98 valence electrons. The number of hydrogen-bond acceptors (Lipinski definition) is 3. The van der Waals surface area contributed by atoms with Gasteiger partial charge in [-0.25, -0.2) is 0 Å². The smallest absolute Gasteiger partial charge is 0.272 e. The minimum Gasteiger partial charge on any atom is -0.330 e. The number of nitrogens with zero attached hydrogens (tertiary/aromatic N) is 2. The average molecular weight is 272 g/mol. The first kappa shape index (κ1) is 12.4. The second-order valence-corrected chi connectivity index (χ2v) is 5.69. The van der Waals surface area contributed by atoms with Crippen LogP contribution >= 0.6 is 11.3 Å². The molecular formula is C15H16N2OS. The van der Waals surface area contributed by atoms with Crippen molar-refractivity contribution in [3.63, 3.8) is 0 Å². The number of carbonyl (C=O) groups excluding carboxylic acids is 1. The predicted octanol–water partition coefficient (Wildman–Crippen LogP) is 3.29. The van der Waals surface area contributed by atoms with Crippen molar-refractivity contribution in [2.45, 2.75) is 25.8 Å². The molecule has 0 aliphatic carbocycles. The summed E-state index contributed by atoms with van der Waals surface area (Å²) in [7, 11) is 0. The van der Waals surface area contributed by atoms with E-state index in [1.165, 1.54) is 10.4 Å². The van der Waals surface area contributed by atoms with Crippen LogP contribution in [0, 0.1) is 0 Å². The van der Waals surface area contributed by atoms with Crippen LogP contribution in [0.3, 0.4) is 0 Å². The summed E-state index contributed by atoms with van der Waals surface area (Å²) in [5, 5.41) is 2.13. The van der Waals surface area contributed by atoms with E-state index in [0.29, 0.717) is 5.69 Å². The molecule has 0 unspecified atom stereocenters. The Labute approximate surface area is 116 Å². The zero-order chi connectivity index (χ0) is 13.2. The van der Waals surface area contributed by atoms with E-state index < -0.39 is 0 Å². The quantitative estimate of drug-likeness (QED) is 0.840. The number of rotatable bonds is 2. The minimum atomic E-state index is 0.0456. The maximum atomic E-state index is 12.6. The zero-order valence-electron chi connectivity index (χ0n) is 10.9. The highest BCUT2D eigenvalue weighted by molar-refractivity contribution is 7.10. The van der Waals surface area contributed by atoms with Gasteiger partial charge in [-0.05, 0) is 42.0 Å². The van der Waals surface area contributed by atoms with Crippen LogP contribution < -0.4 is 0 Å². The Balaban J connectivity index is 1.92. The van der Waals surface area contributed by atoms with Crippen molar-refractivity contribution in [3.8, 4) is 0 Å². The van der Waals surface area contributed by atoms with Crippen molar-refractivity contribution >= 4 is 17.2 Å². The maximum absolute atomic E-state index is 12.6. The van der Waals surface area contributed by atoms with Crippen molar-refractivity contribution < 1.29 is 4.79 Å². The van der Waals surface area contributed by atoms with Gasteiger partial charge < -0.3 is 4.90 Å². The summed E-state index contributed by atoms with van der Waals surface area (Å²) in [6, 6.07) is 7.84. The molecule has 3 rings (SSSR count). The van der Waals surface area contributed by atoms with Gasteiger partial charge in [-0.3, -0.25) is 9.78 Å². The third-order valence-corrected chi connectivity index (χ3v) is 4.62. The van der Waals surface area contributed by atoms with Crippen molar-refractivity contribution in [1.29, 1.82) is 0 Å². The molecule has 1 aliphatic rings. The lowest BCUT2D eigenvalue weighted by molar-refractivity contribution is 0.0651. The molecule has 1 atom stereocenters. The summed E-state index contributed by atoms with van der Waals surface area (Å²) in [4.78, 5) is 20.1. The first-order valence-corrected chi connectivity index (χ1v) is 7.47. The molecule has 3 nitrogen and oxygen atoms in total. The van der Waals surface area contributed by atoms with E-state index in [9.17, 15) is 4.79 Å². The van der Waals surface area contributed by atoms with Gasteiger partial charge in [0.15, 0.2) is 0 Å². The molecule has 0 N–H and O–H groups in total. The molecule has 0 aromatic carbocycles. The van der Waals surface area contributed by atoms with E-state index in [1.807, 2.05) is 17.0 Å². The molecule has 1 aliphatic heterocycles. The Hall–Kier alpha value is -1.68. The molecule has 2 aromatic rings. The first-order valence-electron chi connectivity index (χ1n) is 6.59. The van der Waals surface area contributed by atoms with Gasteiger partial charge in [-0.1, -0.05) is 13.0 Å². The lowest BCUT2D eigenvalue weighted by Gasteiger charge is -2.35. The lowest BCUT2D eigenvalue weighted by Crippen LogP contribution is -2.39. The molecule has 0 spiro atoms. The summed E-state index contributed by atoms with van der Waals surface area (Å²) in [5.41, 5.74) is 1.86. The minimum absolute atomic E-state index is 0.0456. The molecule has 4 heteroatoms. The van der Waals surface area contributed by atoms with Crippen molar-refractivity contribution in [2.75, 3.05) is 6.54 Å². The van der Waals surface area contributed by atoms with E-state index in [1.54, 1.807) is 23.6 Å². The Bertz CT molecular complexity index is 579. The number of aromatic nitrogens is 1. The largest absolute Gasteiger partial charge is 0.330 e. The summed E-state index contributed by atoms with van der Waals surface area (Å²) in [5.74, 6) is 0.0456. The van der Waals surface area contributed by atoms with Gasteiger partial charge in [0.05, 0.1) is 6.04 Å². The molecule has 0 saturated heterocycles. The number of amides is 1. The summed E-state index contributed by atoms with van der Waals surface area (Å²) in [6.45, 7) is 2.93. The topological polar surface area (TPSA) is 33.2 Å². The SMILES string of the molecule is CC[C@H]1c2ccsc2CCN1C(=O)c1ccccn1. The first-order chi connectivity index (χ1) is 9.31. The highest BCUT2D eigenvalue weighted by Gasteiger charge is 2.31. The van der Waals surface area contributed by atoms with Gasteiger partial charge in [-0.2, -0.15) is 0 Å². The molecule has 0 fully saturated rings. The molecular weight excluding hydrogens is 256 g/mol. The second-order valence-electron chi connectivity index (χ2n) is 4.69. The molecule has 2 aromatic heterocycles. The molecule has 1 amide bonds. The van der Waals surface area contributed by atoms with Gasteiger partial charge in [0.25, 0.3) is 5.91 Å².